The molecule has 0 aliphatic carbocycles. The number of aldehydes is 1. The number of anilines is 1. The summed E-state index contributed by atoms with van der Waals surface area (Å²) in [6, 6.07) is 9.81. The summed E-state index contributed by atoms with van der Waals surface area (Å²) in [5.74, 6) is 0.806. The smallest absolute Gasteiger partial charge is 0.200 e. The molecule has 1 fully saturated rings. The van der Waals surface area contributed by atoms with Crippen LogP contribution < -0.4 is 4.90 Å². The number of oxazole rings is 1. The molecule has 3 heterocycles. The quantitative estimate of drug-likeness (QED) is 0.422. The Hall–Kier alpha value is -3.19. The lowest BCUT2D eigenvalue weighted by atomic mass is 9.92. The summed E-state index contributed by atoms with van der Waals surface area (Å²) < 4.78 is 6.07. The van der Waals surface area contributed by atoms with Crippen LogP contribution in [0.15, 0.2) is 47.1 Å². The summed E-state index contributed by atoms with van der Waals surface area (Å²) in [7, 11) is 0. The van der Waals surface area contributed by atoms with Gasteiger partial charge in [0, 0.05) is 18.2 Å². The molecule has 0 amide bonds. The van der Waals surface area contributed by atoms with E-state index in [9.17, 15) is 4.79 Å². The highest BCUT2D eigenvalue weighted by molar-refractivity contribution is 6.34. The Morgan fingerprint density at radius 2 is 2.00 bits per heavy atom. The van der Waals surface area contributed by atoms with E-state index in [-0.39, 0.29) is 12.0 Å². The molecule has 2 atom stereocenters. The van der Waals surface area contributed by atoms with Gasteiger partial charge in [-0.05, 0) is 56.5 Å². The first-order valence-electron chi connectivity index (χ1n) is 10.3. The second kappa shape index (κ2) is 7.81. The molecule has 5 rings (SSSR count). The van der Waals surface area contributed by atoms with Gasteiger partial charge in [-0.15, -0.1) is 4.80 Å². The highest BCUT2D eigenvalue weighted by Crippen LogP contribution is 2.38. The van der Waals surface area contributed by atoms with Crippen molar-refractivity contribution in [3.05, 3.63) is 64.8 Å². The monoisotopic (exact) mass is 435 g/mol. The molecule has 8 heteroatoms. The molecule has 1 saturated heterocycles. The fourth-order valence-electron chi connectivity index (χ4n) is 4.40. The predicted molar refractivity (Wildman–Crippen MR) is 119 cm³/mol. The van der Waals surface area contributed by atoms with E-state index in [1.807, 2.05) is 31.2 Å². The minimum absolute atomic E-state index is 0.110. The zero-order chi connectivity index (χ0) is 21.5. The number of aryl methyl sites for hydroxylation is 1. The fraction of sp³-hybridized carbons (Fsp3) is 0.304. The SMILES string of the molecule is Cc1cc(C=O)c(-n2nccn2)c(N2C[C@H](c3nc4c(Cl)cccc4o3)CC[C@H]2C)c1. The lowest BCUT2D eigenvalue weighted by Gasteiger charge is -2.39. The number of hydrogen-bond donors (Lipinski definition) is 0. The summed E-state index contributed by atoms with van der Waals surface area (Å²) in [5.41, 5.74) is 4.60. The van der Waals surface area contributed by atoms with Crippen LogP contribution in [0.2, 0.25) is 5.02 Å². The Morgan fingerprint density at radius 3 is 2.74 bits per heavy atom. The summed E-state index contributed by atoms with van der Waals surface area (Å²) in [6.45, 7) is 4.90. The lowest BCUT2D eigenvalue weighted by molar-refractivity contribution is 0.112. The van der Waals surface area contributed by atoms with Gasteiger partial charge < -0.3 is 9.32 Å². The molecule has 2 aromatic heterocycles. The normalized spacial score (nSPS) is 19.1. The van der Waals surface area contributed by atoms with Gasteiger partial charge in [0.05, 0.1) is 29.0 Å². The van der Waals surface area contributed by atoms with Crippen molar-refractivity contribution in [3.63, 3.8) is 0 Å². The van der Waals surface area contributed by atoms with E-state index < -0.39 is 0 Å². The number of carbonyl (C=O) groups is 1. The zero-order valence-corrected chi connectivity index (χ0v) is 18.1. The topological polar surface area (TPSA) is 77.1 Å². The summed E-state index contributed by atoms with van der Waals surface area (Å²) in [4.78, 5) is 20.4. The van der Waals surface area contributed by atoms with E-state index in [0.717, 1.165) is 30.4 Å². The number of nitrogens with zero attached hydrogens (tertiary/aromatic N) is 5. The maximum Gasteiger partial charge on any atom is 0.200 e. The minimum atomic E-state index is 0.110. The minimum Gasteiger partial charge on any atom is -0.440 e. The number of aromatic nitrogens is 4. The van der Waals surface area contributed by atoms with E-state index in [4.69, 9.17) is 21.0 Å². The van der Waals surface area contributed by atoms with Crippen molar-refractivity contribution in [2.75, 3.05) is 11.4 Å². The number of hydrogen-bond acceptors (Lipinski definition) is 6. The first-order chi connectivity index (χ1) is 15.0. The van der Waals surface area contributed by atoms with E-state index in [0.29, 0.717) is 39.8 Å². The van der Waals surface area contributed by atoms with Crippen molar-refractivity contribution in [1.29, 1.82) is 0 Å². The van der Waals surface area contributed by atoms with E-state index in [2.05, 4.69) is 28.1 Å². The third-order valence-corrected chi connectivity index (χ3v) is 6.24. The third kappa shape index (κ3) is 3.49. The molecular formula is C23H22ClN5O2. The van der Waals surface area contributed by atoms with E-state index in [1.165, 1.54) is 4.80 Å². The van der Waals surface area contributed by atoms with Gasteiger partial charge in [0.15, 0.2) is 17.8 Å². The Labute approximate surface area is 184 Å². The lowest BCUT2D eigenvalue weighted by Crippen LogP contribution is -2.42. The van der Waals surface area contributed by atoms with Crippen LogP contribution in [0.4, 0.5) is 5.69 Å². The van der Waals surface area contributed by atoms with Crippen molar-refractivity contribution < 1.29 is 9.21 Å². The molecule has 7 nitrogen and oxygen atoms in total. The molecule has 4 aromatic rings. The maximum absolute atomic E-state index is 11.9. The van der Waals surface area contributed by atoms with Gasteiger partial charge in [0.2, 0.25) is 0 Å². The van der Waals surface area contributed by atoms with Gasteiger partial charge >= 0.3 is 0 Å². The van der Waals surface area contributed by atoms with E-state index >= 15 is 0 Å². The molecule has 31 heavy (non-hydrogen) atoms. The van der Waals surface area contributed by atoms with Crippen molar-refractivity contribution in [1.82, 2.24) is 20.0 Å². The molecule has 0 spiro atoms. The number of rotatable bonds is 4. The molecule has 0 radical (unpaired) electrons. The molecule has 2 aromatic carbocycles. The largest absolute Gasteiger partial charge is 0.440 e. The number of carbonyl (C=O) groups excluding carboxylic acids is 1. The first kappa shape index (κ1) is 19.8. The average molecular weight is 436 g/mol. The molecule has 0 N–H and O–H groups in total. The summed E-state index contributed by atoms with van der Waals surface area (Å²) in [5, 5.41) is 9.18. The first-order valence-corrected chi connectivity index (χ1v) is 10.7. The molecule has 1 aliphatic heterocycles. The second-order valence-electron chi connectivity index (χ2n) is 8.07. The van der Waals surface area contributed by atoms with Crippen LogP contribution in [0.3, 0.4) is 0 Å². The highest BCUT2D eigenvalue weighted by atomic mass is 35.5. The van der Waals surface area contributed by atoms with Crippen LogP contribution in [-0.4, -0.2) is 38.9 Å². The predicted octanol–water partition coefficient (Wildman–Crippen LogP) is 4.96. The van der Waals surface area contributed by atoms with Gasteiger partial charge in [-0.1, -0.05) is 17.7 Å². The molecule has 158 valence electrons. The average Bonchev–Trinajstić information content (AvgIpc) is 3.44. The Morgan fingerprint density at radius 1 is 1.19 bits per heavy atom. The van der Waals surface area contributed by atoms with Gasteiger partial charge in [-0.3, -0.25) is 4.79 Å². The van der Waals surface area contributed by atoms with Crippen LogP contribution in [0.1, 0.15) is 47.5 Å². The molecule has 0 saturated carbocycles. The Bertz CT molecular complexity index is 1250. The molecule has 1 aliphatic rings. The Kier molecular flexibility index (Phi) is 4.98. The van der Waals surface area contributed by atoms with E-state index in [1.54, 1.807) is 12.4 Å². The number of piperidine rings is 1. The number of para-hydroxylation sites is 1. The maximum atomic E-state index is 11.9. The second-order valence-corrected chi connectivity index (χ2v) is 8.48. The van der Waals surface area contributed by atoms with Crippen LogP contribution in [0, 0.1) is 6.92 Å². The van der Waals surface area contributed by atoms with Crippen molar-refractivity contribution in [3.8, 4) is 5.69 Å². The molecule has 0 bridgehead atoms. The van der Waals surface area contributed by atoms with Crippen LogP contribution in [0.5, 0.6) is 0 Å². The van der Waals surface area contributed by atoms with Crippen LogP contribution >= 0.6 is 11.6 Å². The molecular weight excluding hydrogens is 414 g/mol. The Balaban J connectivity index is 1.57. The fourth-order valence-corrected chi connectivity index (χ4v) is 4.60. The summed E-state index contributed by atoms with van der Waals surface area (Å²) >= 11 is 6.30. The van der Waals surface area contributed by atoms with Gasteiger partial charge in [-0.2, -0.15) is 10.2 Å². The van der Waals surface area contributed by atoms with Crippen molar-refractivity contribution >= 4 is 34.7 Å². The summed E-state index contributed by atoms with van der Waals surface area (Å²) in [6.07, 6.45) is 6.02. The standard InChI is InChI=1S/C23H22ClN5O2/c1-14-10-17(13-30)22(29-25-8-9-26-29)19(11-14)28-12-16(7-6-15(28)2)23-27-21-18(24)4-3-5-20(21)31-23/h3-5,8-11,13,15-16H,6-7,12H2,1-2H3/t15-,16-/m1/s1. The van der Waals surface area contributed by atoms with Gasteiger partial charge in [0.1, 0.15) is 11.2 Å². The van der Waals surface area contributed by atoms with Crippen molar-refractivity contribution in [2.24, 2.45) is 0 Å². The third-order valence-electron chi connectivity index (χ3n) is 5.94. The zero-order valence-electron chi connectivity index (χ0n) is 17.3. The van der Waals surface area contributed by atoms with Crippen LogP contribution in [-0.2, 0) is 0 Å². The number of fused-ring (bicyclic) bond motifs is 1. The number of halogens is 1. The van der Waals surface area contributed by atoms with Crippen LogP contribution in [0.25, 0.3) is 16.8 Å². The number of benzene rings is 2. The van der Waals surface area contributed by atoms with Crippen molar-refractivity contribution in [2.45, 2.75) is 38.6 Å². The van der Waals surface area contributed by atoms with Gasteiger partial charge in [-0.25, -0.2) is 4.98 Å². The molecule has 0 unspecified atom stereocenters. The van der Waals surface area contributed by atoms with Gasteiger partial charge in [0.25, 0.3) is 0 Å². The highest BCUT2D eigenvalue weighted by Gasteiger charge is 2.32.